The van der Waals surface area contributed by atoms with E-state index < -0.39 is 0 Å². The molecule has 0 heterocycles. The summed E-state index contributed by atoms with van der Waals surface area (Å²) in [4.78, 5) is 2.69. The fourth-order valence-electron chi connectivity index (χ4n) is 2.38. The Balaban J connectivity index is 1.58. The molecule has 0 saturated heterocycles. The zero-order valence-electron chi connectivity index (χ0n) is 10.2. The molecule has 0 atom stereocenters. The van der Waals surface area contributed by atoms with E-state index in [4.69, 9.17) is 0 Å². The van der Waals surface area contributed by atoms with Gasteiger partial charge < -0.3 is 0 Å². The molecule has 92 valence electrons. The number of halogens is 1. The first-order valence-electron chi connectivity index (χ1n) is 6.76. The van der Waals surface area contributed by atoms with Crippen molar-refractivity contribution in [3.8, 4) is 0 Å². The van der Waals surface area contributed by atoms with Gasteiger partial charge in [-0.3, -0.25) is 4.90 Å². The third-order valence-electron chi connectivity index (χ3n) is 3.75. The average molecular weight is 341 g/mol. The topological polar surface area (TPSA) is 3.24 Å². The van der Waals surface area contributed by atoms with Crippen LogP contribution in [0.5, 0.6) is 0 Å². The molecule has 1 aromatic carbocycles. The summed E-state index contributed by atoms with van der Waals surface area (Å²) in [5.41, 5.74) is 1.48. The number of hydrogen-bond donors (Lipinski definition) is 0. The van der Waals surface area contributed by atoms with E-state index >= 15 is 0 Å². The molecule has 0 N–H and O–H groups in total. The van der Waals surface area contributed by atoms with Crippen LogP contribution in [0.15, 0.2) is 24.3 Å². The lowest BCUT2D eigenvalue weighted by molar-refractivity contribution is 0.244. The smallest absolute Gasteiger partial charge is 0.0233 e. The van der Waals surface area contributed by atoms with Crippen LogP contribution in [-0.4, -0.2) is 18.0 Å². The highest BCUT2D eigenvalue weighted by Gasteiger charge is 2.28. The van der Waals surface area contributed by atoms with Gasteiger partial charge in [0.2, 0.25) is 0 Å². The zero-order chi connectivity index (χ0) is 11.7. The fraction of sp³-hybridized carbons (Fsp3) is 0.600. The van der Waals surface area contributed by atoms with Gasteiger partial charge in [-0.05, 0) is 77.8 Å². The Hall–Kier alpha value is -0.0900. The molecule has 0 spiro atoms. The summed E-state index contributed by atoms with van der Waals surface area (Å²) in [7, 11) is 0. The molecule has 1 nitrogen and oxygen atoms in total. The van der Waals surface area contributed by atoms with Gasteiger partial charge in [0, 0.05) is 23.2 Å². The maximum Gasteiger partial charge on any atom is 0.0233 e. The third kappa shape index (κ3) is 3.95. The van der Waals surface area contributed by atoms with Gasteiger partial charge in [-0.1, -0.05) is 12.1 Å². The van der Waals surface area contributed by atoms with E-state index in [1.165, 1.54) is 47.9 Å². The van der Waals surface area contributed by atoms with Crippen LogP contribution in [0.3, 0.4) is 0 Å². The van der Waals surface area contributed by atoms with Crippen molar-refractivity contribution in [3.63, 3.8) is 0 Å². The first kappa shape index (κ1) is 12.0. The first-order valence-corrected chi connectivity index (χ1v) is 7.84. The van der Waals surface area contributed by atoms with E-state index in [1.54, 1.807) is 0 Å². The lowest BCUT2D eigenvalue weighted by Gasteiger charge is -2.22. The highest BCUT2D eigenvalue weighted by Crippen LogP contribution is 2.34. The Labute approximate surface area is 118 Å². The van der Waals surface area contributed by atoms with Crippen molar-refractivity contribution in [1.29, 1.82) is 0 Å². The summed E-state index contributed by atoms with van der Waals surface area (Å²) in [5, 5.41) is 0. The Kier molecular flexibility index (Phi) is 3.71. The van der Waals surface area contributed by atoms with E-state index in [-0.39, 0.29) is 0 Å². The van der Waals surface area contributed by atoms with E-state index in [9.17, 15) is 0 Å². The SMILES string of the molecule is Ic1ccc(CN(CC2CC2)CC2CC2)cc1. The molecule has 0 aliphatic heterocycles. The van der Waals surface area contributed by atoms with E-state index in [1.807, 2.05) is 0 Å². The van der Waals surface area contributed by atoms with Crippen LogP contribution in [0.4, 0.5) is 0 Å². The van der Waals surface area contributed by atoms with Crippen LogP contribution in [0.2, 0.25) is 0 Å². The van der Waals surface area contributed by atoms with E-state index in [0.29, 0.717) is 0 Å². The van der Waals surface area contributed by atoms with Gasteiger partial charge in [-0.15, -0.1) is 0 Å². The summed E-state index contributed by atoms with van der Waals surface area (Å²) in [6.45, 7) is 3.83. The molecular weight excluding hydrogens is 321 g/mol. The first-order chi connectivity index (χ1) is 8.29. The van der Waals surface area contributed by atoms with Gasteiger partial charge in [0.15, 0.2) is 0 Å². The van der Waals surface area contributed by atoms with Crippen molar-refractivity contribution < 1.29 is 0 Å². The second-order valence-electron chi connectivity index (χ2n) is 5.71. The van der Waals surface area contributed by atoms with Crippen molar-refractivity contribution in [1.82, 2.24) is 4.90 Å². The summed E-state index contributed by atoms with van der Waals surface area (Å²) >= 11 is 2.38. The normalized spacial score (nSPS) is 19.9. The van der Waals surface area contributed by atoms with Crippen LogP contribution in [0.1, 0.15) is 31.2 Å². The molecule has 0 amide bonds. The Morgan fingerprint density at radius 1 is 0.941 bits per heavy atom. The summed E-state index contributed by atoms with van der Waals surface area (Å²) in [5.74, 6) is 2.02. The second kappa shape index (κ2) is 5.27. The van der Waals surface area contributed by atoms with Crippen molar-refractivity contribution >= 4 is 22.6 Å². The number of benzene rings is 1. The molecule has 0 radical (unpaired) electrons. The highest BCUT2D eigenvalue weighted by atomic mass is 127. The Bertz CT molecular complexity index is 351. The van der Waals surface area contributed by atoms with E-state index in [0.717, 1.165) is 18.4 Å². The minimum absolute atomic E-state index is 1.01. The van der Waals surface area contributed by atoms with Crippen molar-refractivity contribution in [2.75, 3.05) is 13.1 Å². The maximum atomic E-state index is 2.69. The Morgan fingerprint density at radius 2 is 1.47 bits per heavy atom. The van der Waals surface area contributed by atoms with Gasteiger partial charge in [-0.25, -0.2) is 0 Å². The quantitative estimate of drug-likeness (QED) is 0.709. The van der Waals surface area contributed by atoms with Gasteiger partial charge in [0.05, 0.1) is 0 Å². The number of nitrogens with zero attached hydrogens (tertiary/aromatic N) is 1. The summed E-state index contributed by atoms with van der Waals surface area (Å²) in [6, 6.07) is 9.02. The zero-order valence-corrected chi connectivity index (χ0v) is 12.4. The molecule has 2 heteroatoms. The predicted molar refractivity (Wildman–Crippen MR) is 79.9 cm³/mol. The molecule has 2 saturated carbocycles. The number of hydrogen-bond acceptors (Lipinski definition) is 1. The summed E-state index contributed by atoms with van der Waals surface area (Å²) in [6.07, 6.45) is 5.86. The molecule has 2 aliphatic rings. The predicted octanol–water partition coefficient (Wildman–Crippen LogP) is 3.91. The largest absolute Gasteiger partial charge is 0.299 e. The summed E-state index contributed by atoms with van der Waals surface area (Å²) < 4.78 is 1.34. The van der Waals surface area contributed by atoms with Gasteiger partial charge >= 0.3 is 0 Å². The van der Waals surface area contributed by atoms with Crippen molar-refractivity contribution in [2.24, 2.45) is 11.8 Å². The fourth-order valence-corrected chi connectivity index (χ4v) is 2.74. The third-order valence-corrected chi connectivity index (χ3v) is 4.47. The van der Waals surface area contributed by atoms with Crippen LogP contribution in [0, 0.1) is 15.4 Å². The molecule has 0 bridgehead atoms. The second-order valence-corrected chi connectivity index (χ2v) is 6.95. The van der Waals surface area contributed by atoms with E-state index in [2.05, 4.69) is 51.8 Å². The Morgan fingerprint density at radius 3 is 1.94 bits per heavy atom. The molecule has 3 rings (SSSR count). The van der Waals surface area contributed by atoms with Crippen LogP contribution in [0.25, 0.3) is 0 Å². The minimum atomic E-state index is 1.01. The average Bonchev–Trinajstić information content (AvgIpc) is 3.17. The molecule has 0 aromatic heterocycles. The monoisotopic (exact) mass is 341 g/mol. The maximum absolute atomic E-state index is 2.69. The lowest BCUT2D eigenvalue weighted by atomic mass is 10.2. The van der Waals surface area contributed by atoms with Gasteiger partial charge in [-0.2, -0.15) is 0 Å². The van der Waals surface area contributed by atoms with Crippen molar-refractivity contribution in [2.45, 2.75) is 32.2 Å². The molecule has 0 unspecified atom stereocenters. The van der Waals surface area contributed by atoms with Crippen LogP contribution in [-0.2, 0) is 6.54 Å². The minimum Gasteiger partial charge on any atom is -0.299 e. The van der Waals surface area contributed by atoms with Crippen molar-refractivity contribution in [3.05, 3.63) is 33.4 Å². The standard InChI is InChI=1S/C15H20IN/c16-15-7-5-14(6-8-15)11-17(9-12-1-2-12)10-13-3-4-13/h5-8,12-13H,1-4,9-11H2. The lowest BCUT2D eigenvalue weighted by Crippen LogP contribution is -2.27. The molecule has 2 aliphatic carbocycles. The van der Waals surface area contributed by atoms with Crippen LogP contribution < -0.4 is 0 Å². The number of rotatable bonds is 6. The van der Waals surface area contributed by atoms with Gasteiger partial charge in [0.1, 0.15) is 0 Å². The molecule has 17 heavy (non-hydrogen) atoms. The van der Waals surface area contributed by atoms with Crippen LogP contribution >= 0.6 is 22.6 Å². The molecular formula is C15H20IN. The van der Waals surface area contributed by atoms with Gasteiger partial charge in [0.25, 0.3) is 0 Å². The molecule has 2 fully saturated rings. The highest BCUT2D eigenvalue weighted by molar-refractivity contribution is 14.1. The molecule has 1 aromatic rings.